The third-order valence-corrected chi connectivity index (χ3v) is 8.33. The lowest BCUT2D eigenvalue weighted by atomic mass is 9.86. The maximum atomic E-state index is 14.1. The van der Waals surface area contributed by atoms with E-state index < -0.39 is 0 Å². The Kier molecular flexibility index (Phi) is 6.38. The molecule has 2 aromatic rings. The Bertz CT molecular complexity index is 1120. The molecule has 0 spiro atoms. The normalized spacial score (nSPS) is 27.3. The molecule has 1 aromatic carbocycles. The van der Waals surface area contributed by atoms with Gasteiger partial charge in [-0.1, -0.05) is 6.07 Å². The van der Waals surface area contributed by atoms with Crippen LogP contribution in [0.25, 0.3) is 0 Å². The molecule has 36 heavy (non-hydrogen) atoms. The van der Waals surface area contributed by atoms with Crippen LogP contribution in [0.15, 0.2) is 30.5 Å². The van der Waals surface area contributed by atoms with E-state index in [0.29, 0.717) is 18.7 Å². The second-order valence-corrected chi connectivity index (χ2v) is 11.2. The van der Waals surface area contributed by atoms with E-state index >= 15 is 0 Å². The van der Waals surface area contributed by atoms with E-state index in [1.807, 2.05) is 17.2 Å². The third kappa shape index (κ3) is 4.48. The van der Waals surface area contributed by atoms with Crippen molar-refractivity contribution in [2.24, 2.45) is 5.92 Å². The fourth-order valence-corrected chi connectivity index (χ4v) is 6.47. The van der Waals surface area contributed by atoms with E-state index in [1.165, 1.54) is 17.7 Å². The molecule has 7 heteroatoms. The number of rotatable bonds is 4. The molecule has 3 saturated heterocycles. The van der Waals surface area contributed by atoms with Crippen LogP contribution in [0.5, 0.6) is 0 Å². The highest BCUT2D eigenvalue weighted by molar-refractivity contribution is 6.00. The lowest BCUT2D eigenvalue weighted by molar-refractivity contribution is -0.124. The minimum atomic E-state index is 0.0206. The quantitative estimate of drug-likeness (QED) is 0.625. The molecule has 4 aliphatic heterocycles. The van der Waals surface area contributed by atoms with Crippen LogP contribution in [0.4, 0.5) is 22.9 Å². The zero-order valence-electron chi connectivity index (χ0n) is 21.7. The monoisotopic (exact) mass is 490 g/mol. The average Bonchev–Trinajstić information content (AvgIpc) is 3.05. The van der Waals surface area contributed by atoms with Gasteiger partial charge in [-0.05, 0) is 83.1 Å². The van der Waals surface area contributed by atoms with Gasteiger partial charge in [0.25, 0.3) is 0 Å². The van der Waals surface area contributed by atoms with Crippen molar-refractivity contribution < 1.29 is 14.3 Å². The second kappa shape index (κ2) is 9.67. The van der Waals surface area contributed by atoms with Crippen molar-refractivity contribution in [3.63, 3.8) is 0 Å². The Labute approximate surface area is 214 Å². The summed E-state index contributed by atoms with van der Waals surface area (Å²) in [5.74, 6) is 1.07. The summed E-state index contributed by atoms with van der Waals surface area (Å²) in [4.78, 5) is 23.2. The number of anilines is 4. The van der Waals surface area contributed by atoms with Crippen molar-refractivity contribution in [1.82, 2.24) is 4.98 Å². The van der Waals surface area contributed by atoms with Gasteiger partial charge in [0, 0.05) is 29.9 Å². The van der Waals surface area contributed by atoms with Crippen molar-refractivity contribution in [3.8, 4) is 0 Å². The molecule has 5 aliphatic rings. The molecule has 1 amide bonds. The molecular formula is C29H38N4O3. The number of hydrogen-bond donors (Lipinski definition) is 1. The Balaban J connectivity index is 1.33. The number of nitrogens with one attached hydrogen (secondary N) is 1. The number of benzene rings is 1. The molecule has 7 nitrogen and oxygen atoms in total. The summed E-state index contributed by atoms with van der Waals surface area (Å²) in [7, 11) is 0. The number of ether oxygens (including phenoxy) is 2. The average molecular weight is 491 g/mol. The summed E-state index contributed by atoms with van der Waals surface area (Å²) in [6, 6.07) is 8.88. The van der Waals surface area contributed by atoms with E-state index in [9.17, 15) is 4.79 Å². The van der Waals surface area contributed by atoms with E-state index in [2.05, 4.69) is 54.2 Å². The van der Waals surface area contributed by atoms with Gasteiger partial charge in [-0.15, -0.1) is 0 Å². The largest absolute Gasteiger partial charge is 0.376 e. The summed E-state index contributed by atoms with van der Waals surface area (Å²) >= 11 is 0. The van der Waals surface area contributed by atoms with Gasteiger partial charge < -0.3 is 24.6 Å². The third-order valence-electron chi connectivity index (χ3n) is 8.33. The number of carbonyl (C=O) groups excluding carboxylic acids is 1. The van der Waals surface area contributed by atoms with E-state index in [0.717, 1.165) is 68.0 Å². The van der Waals surface area contributed by atoms with Crippen LogP contribution in [0, 0.1) is 12.8 Å². The smallest absolute Gasteiger partial charge is 0.230 e. The predicted molar refractivity (Wildman–Crippen MR) is 142 cm³/mol. The molecule has 1 saturated carbocycles. The van der Waals surface area contributed by atoms with Crippen LogP contribution >= 0.6 is 0 Å². The van der Waals surface area contributed by atoms with Crippen molar-refractivity contribution in [3.05, 3.63) is 41.6 Å². The Morgan fingerprint density at radius 1 is 1.14 bits per heavy atom. The number of aromatic nitrogens is 1. The van der Waals surface area contributed by atoms with Crippen LogP contribution in [-0.2, 0) is 20.8 Å². The first-order valence-corrected chi connectivity index (χ1v) is 13.7. The molecule has 7 rings (SSSR count). The number of piperidine rings is 1. The lowest BCUT2D eigenvalue weighted by Crippen LogP contribution is -2.54. The van der Waals surface area contributed by atoms with Gasteiger partial charge in [0.15, 0.2) is 0 Å². The maximum absolute atomic E-state index is 14.1. The van der Waals surface area contributed by atoms with Gasteiger partial charge in [-0.3, -0.25) is 4.79 Å². The lowest BCUT2D eigenvalue weighted by Gasteiger charge is -2.47. The molecular weight excluding hydrogens is 452 g/mol. The van der Waals surface area contributed by atoms with Gasteiger partial charge in [0.05, 0.1) is 48.9 Å². The molecule has 0 unspecified atom stereocenters. The molecule has 2 bridgehead atoms. The first-order chi connectivity index (χ1) is 17.5. The standard InChI is InChI=1S/C29H38N4O3/c1-18(2)36-23-9-6-20(7-10-23)29(34)33-15-21-5-4-12-30-28(21)31-25-13-19(3)26(14-27(25)33)32-16-24-11-8-22(32)17-35-24/h4-5,12-14,18,20,22-24H,6-11,15-17H2,1-3H3,(H,30,31)/t20?,22-,23?,24-/m1/s1. The maximum Gasteiger partial charge on any atom is 0.230 e. The zero-order chi connectivity index (χ0) is 24.8. The van der Waals surface area contributed by atoms with Crippen molar-refractivity contribution >= 4 is 28.8 Å². The van der Waals surface area contributed by atoms with Gasteiger partial charge in [0.2, 0.25) is 5.91 Å². The highest BCUT2D eigenvalue weighted by Gasteiger charge is 2.37. The first kappa shape index (κ1) is 23.7. The molecule has 1 aliphatic carbocycles. The van der Waals surface area contributed by atoms with Crippen LogP contribution in [0.1, 0.15) is 63.5 Å². The topological polar surface area (TPSA) is 66.9 Å². The highest BCUT2D eigenvalue weighted by Crippen LogP contribution is 2.43. The molecule has 4 fully saturated rings. The number of nitrogens with zero attached hydrogens (tertiary/aromatic N) is 3. The fourth-order valence-electron chi connectivity index (χ4n) is 6.47. The Hall–Kier alpha value is -2.64. The second-order valence-electron chi connectivity index (χ2n) is 11.2. The van der Waals surface area contributed by atoms with Gasteiger partial charge in [-0.2, -0.15) is 0 Å². The SMILES string of the molecule is Cc1cc2c(cc1N1C[C@H]3CC[C@@H]1CO3)N(C(=O)C1CCC(OC(C)C)CC1)Cc1cccnc1N2. The minimum Gasteiger partial charge on any atom is -0.376 e. The molecule has 192 valence electrons. The van der Waals surface area contributed by atoms with E-state index in [-0.39, 0.29) is 24.0 Å². The van der Waals surface area contributed by atoms with Crippen LogP contribution in [0.2, 0.25) is 0 Å². The minimum absolute atomic E-state index is 0.0206. The Morgan fingerprint density at radius 3 is 2.67 bits per heavy atom. The Morgan fingerprint density at radius 2 is 1.97 bits per heavy atom. The molecule has 1 aromatic heterocycles. The summed E-state index contributed by atoms with van der Waals surface area (Å²) in [6.45, 7) is 8.59. The number of pyridine rings is 1. The van der Waals surface area contributed by atoms with E-state index in [1.54, 1.807) is 0 Å². The molecule has 2 atom stereocenters. The molecule has 5 heterocycles. The van der Waals surface area contributed by atoms with Gasteiger partial charge in [-0.25, -0.2) is 4.98 Å². The van der Waals surface area contributed by atoms with Crippen LogP contribution < -0.4 is 15.1 Å². The number of hydrogen-bond acceptors (Lipinski definition) is 6. The summed E-state index contributed by atoms with van der Waals surface area (Å²) in [5, 5.41) is 3.56. The summed E-state index contributed by atoms with van der Waals surface area (Å²) in [5.41, 5.74) is 5.40. The number of amides is 1. The summed E-state index contributed by atoms with van der Waals surface area (Å²) in [6.07, 6.45) is 8.56. The van der Waals surface area contributed by atoms with E-state index in [4.69, 9.17) is 9.47 Å². The number of carbonyl (C=O) groups is 1. The molecule has 1 N–H and O–H groups in total. The highest BCUT2D eigenvalue weighted by atomic mass is 16.5. The first-order valence-electron chi connectivity index (χ1n) is 13.7. The van der Waals surface area contributed by atoms with Crippen molar-refractivity contribution in [1.29, 1.82) is 0 Å². The van der Waals surface area contributed by atoms with Gasteiger partial charge in [0.1, 0.15) is 5.82 Å². The summed E-state index contributed by atoms with van der Waals surface area (Å²) < 4.78 is 12.0. The van der Waals surface area contributed by atoms with Crippen molar-refractivity contribution in [2.75, 3.05) is 28.3 Å². The number of fused-ring (bicyclic) bond motifs is 5. The predicted octanol–water partition coefficient (Wildman–Crippen LogP) is 5.33. The number of aryl methyl sites for hydroxylation is 1. The zero-order valence-corrected chi connectivity index (χ0v) is 21.7. The van der Waals surface area contributed by atoms with Crippen molar-refractivity contribution in [2.45, 2.75) is 90.2 Å². The van der Waals surface area contributed by atoms with Crippen LogP contribution in [-0.4, -0.2) is 48.4 Å². The fraction of sp³-hybridized carbons (Fsp3) is 0.586. The van der Waals surface area contributed by atoms with Gasteiger partial charge >= 0.3 is 0 Å². The van der Waals surface area contributed by atoms with Crippen LogP contribution in [0.3, 0.4) is 0 Å². The molecule has 0 radical (unpaired) electrons. The number of morpholine rings is 1.